The number of hydrogen-bond donors (Lipinski definition) is 1. The minimum atomic E-state index is -0.102. The lowest BCUT2D eigenvalue weighted by Crippen LogP contribution is -2.24. The molecule has 18 heavy (non-hydrogen) atoms. The van der Waals surface area contributed by atoms with Gasteiger partial charge in [-0.15, -0.1) is 0 Å². The molecule has 94 valence electrons. The van der Waals surface area contributed by atoms with Crippen molar-refractivity contribution in [2.45, 2.75) is 6.54 Å². The van der Waals surface area contributed by atoms with E-state index in [0.29, 0.717) is 17.9 Å². The van der Waals surface area contributed by atoms with Crippen LogP contribution in [0.25, 0.3) is 0 Å². The molecule has 0 spiro atoms. The molecule has 0 aromatic carbocycles. The van der Waals surface area contributed by atoms with E-state index in [4.69, 9.17) is 0 Å². The molecule has 0 aliphatic rings. The quantitative estimate of drug-likeness (QED) is 0.908. The maximum absolute atomic E-state index is 11.7. The Morgan fingerprint density at radius 3 is 2.94 bits per heavy atom. The first-order valence-corrected chi connectivity index (χ1v) is 6.41. The Labute approximate surface area is 109 Å². The summed E-state index contributed by atoms with van der Waals surface area (Å²) in [7, 11) is 3.83. The van der Waals surface area contributed by atoms with Crippen LogP contribution in [0.1, 0.15) is 16.2 Å². The fourth-order valence-electron chi connectivity index (χ4n) is 1.38. The van der Waals surface area contributed by atoms with Gasteiger partial charge in [0.2, 0.25) is 0 Å². The predicted molar refractivity (Wildman–Crippen MR) is 71.8 cm³/mol. The van der Waals surface area contributed by atoms with Crippen LogP contribution in [0.5, 0.6) is 0 Å². The van der Waals surface area contributed by atoms with Gasteiger partial charge in [-0.1, -0.05) is 0 Å². The number of rotatable bonds is 4. The van der Waals surface area contributed by atoms with Crippen LogP contribution in [0, 0.1) is 0 Å². The molecule has 0 saturated heterocycles. The van der Waals surface area contributed by atoms with Crippen LogP contribution in [-0.2, 0) is 6.54 Å². The van der Waals surface area contributed by atoms with E-state index in [9.17, 15) is 4.79 Å². The lowest BCUT2D eigenvalue weighted by atomic mass is 10.3. The fraction of sp³-hybridized carbons (Fsp3) is 0.250. The molecule has 2 rings (SSSR count). The van der Waals surface area contributed by atoms with Gasteiger partial charge in [0.15, 0.2) is 0 Å². The van der Waals surface area contributed by atoms with Gasteiger partial charge in [-0.2, -0.15) is 11.3 Å². The predicted octanol–water partition coefficient (Wildman–Crippen LogP) is 1.53. The number of carbonyl (C=O) groups excluding carboxylic acids is 1. The highest BCUT2D eigenvalue weighted by atomic mass is 32.1. The Kier molecular flexibility index (Phi) is 3.88. The van der Waals surface area contributed by atoms with Gasteiger partial charge in [-0.3, -0.25) is 4.79 Å². The summed E-state index contributed by atoms with van der Waals surface area (Å²) >= 11 is 1.50. The Hall–Kier alpha value is -1.95. The average Bonchev–Trinajstić information content (AvgIpc) is 2.90. The minimum Gasteiger partial charge on any atom is -0.363 e. The smallest absolute Gasteiger partial charge is 0.252 e. The second kappa shape index (κ2) is 5.59. The van der Waals surface area contributed by atoms with E-state index < -0.39 is 0 Å². The summed E-state index contributed by atoms with van der Waals surface area (Å²) < 4.78 is 0. The number of carbonyl (C=O) groups is 1. The molecule has 0 bridgehead atoms. The molecular weight excluding hydrogens is 248 g/mol. The summed E-state index contributed by atoms with van der Waals surface area (Å²) in [4.78, 5) is 22.1. The van der Waals surface area contributed by atoms with E-state index in [1.54, 1.807) is 12.3 Å². The zero-order valence-corrected chi connectivity index (χ0v) is 11.1. The second-order valence-corrected chi connectivity index (χ2v) is 4.70. The Morgan fingerprint density at radius 2 is 2.28 bits per heavy atom. The third-order valence-corrected chi connectivity index (χ3v) is 3.02. The number of nitrogens with zero attached hydrogens (tertiary/aromatic N) is 3. The van der Waals surface area contributed by atoms with Gasteiger partial charge in [0.1, 0.15) is 11.6 Å². The summed E-state index contributed by atoms with van der Waals surface area (Å²) in [5.41, 5.74) is 0.670. The zero-order valence-electron chi connectivity index (χ0n) is 10.3. The third kappa shape index (κ3) is 3.04. The van der Waals surface area contributed by atoms with E-state index in [2.05, 4.69) is 15.3 Å². The van der Waals surface area contributed by atoms with Crippen LogP contribution in [0.2, 0.25) is 0 Å². The number of thiophene rings is 1. The maximum Gasteiger partial charge on any atom is 0.252 e. The standard InChI is InChI=1S/C12H14N4OS/c1-16(2)11-3-5-13-10(15-11)7-14-12(17)9-4-6-18-8-9/h3-6,8H,7H2,1-2H3,(H,14,17). The second-order valence-electron chi connectivity index (χ2n) is 3.92. The molecule has 0 saturated carbocycles. The number of amides is 1. The Bertz CT molecular complexity index is 525. The molecule has 0 radical (unpaired) electrons. The number of aromatic nitrogens is 2. The minimum absolute atomic E-state index is 0.102. The van der Waals surface area contributed by atoms with Crippen molar-refractivity contribution in [3.05, 3.63) is 40.5 Å². The van der Waals surface area contributed by atoms with Gasteiger partial charge in [0.25, 0.3) is 5.91 Å². The average molecular weight is 262 g/mol. The van der Waals surface area contributed by atoms with Crippen LogP contribution >= 0.6 is 11.3 Å². The Balaban J connectivity index is 1.98. The molecule has 6 heteroatoms. The summed E-state index contributed by atoms with van der Waals surface area (Å²) in [5.74, 6) is 1.32. The van der Waals surface area contributed by atoms with E-state index in [-0.39, 0.29) is 5.91 Å². The molecule has 0 atom stereocenters. The number of hydrogen-bond acceptors (Lipinski definition) is 5. The van der Waals surface area contributed by atoms with Crippen molar-refractivity contribution >= 4 is 23.1 Å². The molecule has 2 aromatic rings. The first kappa shape index (κ1) is 12.5. The van der Waals surface area contributed by atoms with Crippen molar-refractivity contribution in [2.75, 3.05) is 19.0 Å². The van der Waals surface area contributed by atoms with Crippen molar-refractivity contribution in [3.8, 4) is 0 Å². The number of anilines is 1. The fourth-order valence-corrected chi connectivity index (χ4v) is 2.01. The Morgan fingerprint density at radius 1 is 1.44 bits per heavy atom. The highest BCUT2D eigenvalue weighted by Gasteiger charge is 2.07. The van der Waals surface area contributed by atoms with E-state index >= 15 is 0 Å². The third-order valence-electron chi connectivity index (χ3n) is 2.34. The molecule has 0 aliphatic carbocycles. The summed E-state index contributed by atoms with van der Waals surface area (Å²) in [5, 5.41) is 6.48. The summed E-state index contributed by atoms with van der Waals surface area (Å²) in [6, 6.07) is 3.61. The summed E-state index contributed by atoms with van der Waals surface area (Å²) in [6.07, 6.45) is 1.69. The highest BCUT2D eigenvalue weighted by Crippen LogP contribution is 2.07. The van der Waals surface area contributed by atoms with Crippen molar-refractivity contribution < 1.29 is 4.79 Å². The van der Waals surface area contributed by atoms with Crippen molar-refractivity contribution in [1.29, 1.82) is 0 Å². The molecule has 2 heterocycles. The first-order chi connectivity index (χ1) is 8.66. The van der Waals surface area contributed by atoms with Crippen LogP contribution < -0.4 is 10.2 Å². The zero-order chi connectivity index (χ0) is 13.0. The highest BCUT2D eigenvalue weighted by molar-refractivity contribution is 7.08. The van der Waals surface area contributed by atoms with Crippen LogP contribution in [-0.4, -0.2) is 30.0 Å². The van der Waals surface area contributed by atoms with Gasteiger partial charge in [0, 0.05) is 31.2 Å². The lowest BCUT2D eigenvalue weighted by molar-refractivity contribution is 0.0950. The topological polar surface area (TPSA) is 58.1 Å². The molecule has 5 nitrogen and oxygen atoms in total. The van der Waals surface area contributed by atoms with E-state index in [0.717, 1.165) is 5.82 Å². The van der Waals surface area contributed by atoms with E-state index in [1.165, 1.54) is 11.3 Å². The molecule has 1 amide bonds. The van der Waals surface area contributed by atoms with Gasteiger partial charge < -0.3 is 10.2 Å². The van der Waals surface area contributed by atoms with Gasteiger partial charge in [-0.05, 0) is 17.5 Å². The SMILES string of the molecule is CN(C)c1ccnc(CNC(=O)c2ccsc2)n1. The normalized spacial score (nSPS) is 10.1. The van der Waals surface area contributed by atoms with Crippen LogP contribution in [0.4, 0.5) is 5.82 Å². The van der Waals surface area contributed by atoms with Crippen LogP contribution in [0.3, 0.4) is 0 Å². The van der Waals surface area contributed by atoms with Crippen molar-refractivity contribution in [2.24, 2.45) is 0 Å². The van der Waals surface area contributed by atoms with E-state index in [1.807, 2.05) is 35.8 Å². The van der Waals surface area contributed by atoms with Gasteiger partial charge in [-0.25, -0.2) is 9.97 Å². The van der Waals surface area contributed by atoms with Gasteiger partial charge >= 0.3 is 0 Å². The molecule has 0 fully saturated rings. The van der Waals surface area contributed by atoms with Crippen molar-refractivity contribution in [1.82, 2.24) is 15.3 Å². The largest absolute Gasteiger partial charge is 0.363 e. The van der Waals surface area contributed by atoms with Gasteiger partial charge in [0.05, 0.1) is 6.54 Å². The summed E-state index contributed by atoms with van der Waals surface area (Å²) in [6.45, 7) is 0.330. The van der Waals surface area contributed by atoms with Crippen LogP contribution in [0.15, 0.2) is 29.1 Å². The van der Waals surface area contributed by atoms with Crippen molar-refractivity contribution in [3.63, 3.8) is 0 Å². The lowest BCUT2D eigenvalue weighted by Gasteiger charge is -2.11. The molecule has 2 aromatic heterocycles. The molecule has 1 N–H and O–H groups in total. The molecule has 0 unspecified atom stereocenters. The first-order valence-electron chi connectivity index (χ1n) is 5.46. The maximum atomic E-state index is 11.7. The molecular formula is C12H14N4OS. The number of nitrogens with one attached hydrogen (secondary N) is 1. The monoisotopic (exact) mass is 262 g/mol. The molecule has 0 aliphatic heterocycles.